The fourth-order valence-corrected chi connectivity index (χ4v) is 0.969. The van der Waals surface area contributed by atoms with E-state index in [1.54, 1.807) is 0 Å². The zero-order valence-corrected chi connectivity index (χ0v) is 11.1. The van der Waals surface area contributed by atoms with Crippen LogP contribution < -0.4 is 40.0 Å². The number of aromatic carboxylic acids is 1. The van der Waals surface area contributed by atoms with Gasteiger partial charge in [0, 0.05) is 5.69 Å². The quantitative estimate of drug-likeness (QED) is 0.430. The zero-order chi connectivity index (χ0) is 10.6. The van der Waals surface area contributed by atoms with Crippen molar-refractivity contribution < 1.29 is 44.3 Å². The molecule has 0 aliphatic heterocycles. The Bertz CT molecular complexity index is 353. The molecule has 0 aliphatic rings. The van der Waals surface area contributed by atoms with Crippen LogP contribution in [0.5, 0.6) is 0 Å². The van der Waals surface area contributed by atoms with E-state index in [0.717, 1.165) is 0 Å². The first-order valence-corrected chi connectivity index (χ1v) is 4.49. The maximum absolute atomic E-state index is 10.9. The Morgan fingerprint density at radius 3 is 2.20 bits per heavy atom. The van der Waals surface area contributed by atoms with E-state index in [9.17, 15) is 14.7 Å². The molecule has 0 bridgehead atoms. The van der Waals surface area contributed by atoms with Crippen molar-refractivity contribution in [3.05, 3.63) is 29.8 Å². The second-order valence-corrected chi connectivity index (χ2v) is 2.89. The van der Waals surface area contributed by atoms with Crippen LogP contribution in [0.4, 0.5) is 5.69 Å². The normalized spacial score (nSPS) is 8.87. The molecule has 15 heavy (non-hydrogen) atoms. The maximum Gasteiger partial charge on any atom is 1.00 e. The number of hydrogen-bond donors (Lipinski definition) is 2. The Morgan fingerprint density at radius 1 is 1.27 bits per heavy atom. The molecule has 0 spiro atoms. The van der Waals surface area contributed by atoms with E-state index in [1.165, 1.54) is 24.3 Å². The number of amides is 1. The van der Waals surface area contributed by atoms with Crippen molar-refractivity contribution in [2.24, 2.45) is 0 Å². The van der Waals surface area contributed by atoms with Crippen LogP contribution in [0.2, 0.25) is 0 Å². The summed E-state index contributed by atoms with van der Waals surface area (Å²) < 4.78 is 0. The third kappa shape index (κ3) is 4.70. The monoisotopic (exact) mass is 233 g/mol. The Hall–Kier alpha value is -0.490. The Kier molecular flexibility index (Phi) is 6.67. The van der Waals surface area contributed by atoms with Gasteiger partial charge in [0.2, 0.25) is 5.91 Å². The standard InChI is InChI=1S/C9H9NO3S.Na/c11-8(5-14)10-7-3-1-6(2-4-7)9(12)13;/h1-4,14H,5H2,(H,10,11)(H,12,13);/q;+1/p-1. The molecule has 0 atom stereocenters. The molecule has 74 valence electrons. The molecule has 0 saturated carbocycles. The number of carboxylic acid groups (broad SMARTS) is 1. The van der Waals surface area contributed by atoms with Gasteiger partial charge in [0.15, 0.2) is 0 Å². The van der Waals surface area contributed by atoms with E-state index in [2.05, 4.69) is 17.9 Å². The summed E-state index contributed by atoms with van der Waals surface area (Å²) >= 11 is 3.78. The number of thiol groups is 1. The fourth-order valence-electron chi connectivity index (χ4n) is 0.890. The first-order chi connectivity index (χ1) is 6.63. The molecule has 1 aromatic rings. The second kappa shape index (κ2) is 6.90. The van der Waals surface area contributed by atoms with Gasteiger partial charge in [0.05, 0.1) is 11.7 Å². The summed E-state index contributed by atoms with van der Waals surface area (Å²) in [5, 5.41) is 12.9. The first-order valence-electron chi connectivity index (χ1n) is 3.85. The number of nitrogens with one attached hydrogen (secondary N) is 1. The van der Waals surface area contributed by atoms with Gasteiger partial charge in [-0.2, -0.15) is 12.6 Å². The summed E-state index contributed by atoms with van der Waals surface area (Å²) in [6.07, 6.45) is 0. The Balaban J connectivity index is 0.00000196. The van der Waals surface area contributed by atoms with Crippen LogP contribution in [0.1, 0.15) is 10.4 Å². The van der Waals surface area contributed by atoms with E-state index in [1.807, 2.05) is 0 Å². The summed E-state index contributed by atoms with van der Waals surface area (Å²) in [6.45, 7) is 0. The SMILES string of the molecule is O=C(CS)Nc1ccc(C(=O)[O-])cc1.[Na+]. The molecule has 1 rings (SSSR count). The van der Waals surface area contributed by atoms with Gasteiger partial charge in [-0.05, 0) is 17.7 Å². The molecular weight excluding hydrogens is 225 g/mol. The Morgan fingerprint density at radius 2 is 1.80 bits per heavy atom. The van der Waals surface area contributed by atoms with E-state index < -0.39 is 5.97 Å². The number of carbonyl (C=O) groups excluding carboxylic acids is 2. The fraction of sp³-hybridized carbons (Fsp3) is 0.111. The summed E-state index contributed by atoms with van der Waals surface area (Å²) in [5.41, 5.74) is 0.614. The third-order valence-electron chi connectivity index (χ3n) is 1.55. The van der Waals surface area contributed by atoms with Crippen LogP contribution in [-0.2, 0) is 4.79 Å². The minimum atomic E-state index is -1.24. The van der Waals surface area contributed by atoms with Crippen molar-refractivity contribution in [3.63, 3.8) is 0 Å². The maximum atomic E-state index is 10.9. The van der Waals surface area contributed by atoms with Crippen molar-refractivity contribution in [2.75, 3.05) is 11.1 Å². The molecule has 6 heteroatoms. The number of rotatable bonds is 3. The molecule has 0 radical (unpaired) electrons. The van der Waals surface area contributed by atoms with Crippen LogP contribution in [0.25, 0.3) is 0 Å². The Labute approximate surface area is 115 Å². The van der Waals surface area contributed by atoms with Gasteiger partial charge in [0.1, 0.15) is 0 Å². The van der Waals surface area contributed by atoms with Gasteiger partial charge in [-0.3, -0.25) is 4.79 Å². The molecule has 0 heterocycles. The predicted octanol–water partition coefficient (Wildman–Crippen LogP) is -3.08. The van der Waals surface area contributed by atoms with E-state index in [-0.39, 0.29) is 46.8 Å². The molecule has 0 unspecified atom stereocenters. The molecule has 0 aliphatic carbocycles. The average Bonchev–Trinajstić information content (AvgIpc) is 2.18. The summed E-state index contributed by atoms with van der Waals surface area (Å²) in [4.78, 5) is 21.3. The number of hydrogen-bond acceptors (Lipinski definition) is 4. The average molecular weight is 233 g/mol. The van der Waals surface area contributed by atoms with Gasteiger partial charge in [-0.1, -0.05) is 12.1 Å². The van der Waals surface area contributed by atoms with Gasteiger partial charge in [0.25, 0.3) is 0 Å². The molecular formula is C9H8NNaO3S. The zero-order valence-electron chi connectivity index (χ0n) is 8.19. The van der Waals surface area contributed by atoms with Crippen molar-refractivity contribution >= 4 is 30.2 Å². The van der Waals surface area contributed by atoms with Crippen molar-refractivity contribution in [1.82, 2.24) is 0 Å². The van der Waals surface area contributed by atoms with Crippen molar-refractivity contribution in [1.29, 1.82) is 0 Å². The number of benzene rings is 1. The minimum Gasteiger partial charge on any atom is -0.545 e. The van der Waals surface area contributed by atoms with Gasteiger partial charge < -0.3 is 15.2 Å². The topological polar surface area (TPSA) is 69.2 Å². The third-order valence-corrected chi connectivity index (χ3v) is 1.84. The molecule has 1 aromatic carbocycles. The molecule has 0 saturated heterocycles. The van der Waals surface area contributed by atoms with Crippen molar-refractivity contribution in [3.8, 4) is 0 Å². The van der Waals surface area contributed by atoms with Crippen LogP contribution in [0.15, 0.2) is 24.3 Å². The largest absolute Gasteiger partial charge is 1.00 e. The van der Waals surface area contributed by atoms with Crippen LogP contribution in [0, 0.1) is 0 Å². The van der Waals surface area contributed by atoms with Crippen LogP contribution in [0.3, 0.4) is 0 Å². The number of carboxylic acids is 1. The van der Waals surface area contributed by atoms with Crippen LogP contribution >= 0.6 is 12.6 Å². The van der Waals surface area contributed by atoms with Crippen LogP contribution in [-0.4, -0.2) is 17.6 Å². The molecule has 4 nitrogen and oxygen atoms in total. The van der Waals surface area contributed by atoms with Gasteiger partial charge in [-0.15, -0.1) is 0 Å². The summed E-state index contributed by atoms with van der Waals surface area (Å²) in [5.74, 6) is -1.39. The summed E-state index contributed by atoms with van der Waals surface area (Å²) in [6, 6.07) is 5.71. The predicted molar refractivity (Wildman–Crippen MR) is 53.3 cm³/mol. The van der Waals surface area contributed by atoms with E-state index in [0.29, 0.717) is 5.69 Å². The second-order valence-electron chi connectivity index (χ2n) is 2.57. The molecule has 1 amide bonds. The smallest absolute Gasteiger partial charge is 0.545 e. The van der Waals surface area contributed by atoms with E-state index in [4.69, 9.17) is 0 Å². The summed E-state index contributed by atoms with van der Waals surface area (Å²) in [7, 11) is 0. The number of anilines is 1. The molecule has 0 fully saturated rings. The molecule has 1 N–H and O–H groups in total. The van der Waals surface area contributed by atoms with Gasteiger partial charge in [-0.25, -0.2) is 0 Å². The van der Waals surface area contributed by atoms with Crippen molar-refractivity contribution in [2.45, 2.75) is 0 Å². The first kappa shape index (κ1) is 14.5. The number of carbonyl (C=O) groups is 2. The van der Waals surface area contributed by atoms with Gasteiger partial charge >= 0.3 is 29.6 Å². The van der Waals surface area contributed by atoms with E-state index >= 15 is 0 Å². The minimum absolute atomic E-state index is 0. The molecule has 0 aromatic heterocycles.